The second-order valence-electron chi connectivity index (χ2n) is 4.39. The fourth-order valence-electron chi connectivity index (χ4n) is 1.70. The van der Waals surface area contributed by atoms with Gasteiger partial charge in [0.25, 0.3) is 0 Å². The molecule has 0 aliphatic carbocycles. The van der Waals surface area contributed by atoms with Crippen LogP contribution in [0.3, 0.4) is 0 Å². The molecule has 2 aromatic rings. The van der Waals surface area contributed by atoms with Gasteiger partial charge in [-0.1, -0.05) is 29.8 Å². The van der Waals surface area contributed by atoms with Gasteiger partial charge in [0.1, 0.15) is 0 Å². The van der Waals surface area contributed by atoms with Crippen molar-refractivity contribution in [3.63, 3.8) is 0 Å². The lowest BCUT2D eigenvalue weighted by atomic mass is 10.2. The summed E-state index contributed by atoms with van der Waals surface area (Å²) in [5.74, 6) is -0.515. The number of nitrogens with one attached hydrogen (secondary N) is 2. The van der Waals surface area contributed by atoms with E-state index in [1.807, 2.05) is 18.2 Å². The molecule has 3 amide bonds. The standard InChI is InChI=1S/C16H14ClN3O2/c17-14-4-2-1-3-11(14)9-10-19-16(22)20-13-7-5-12(6-8-13)15(18)21/h1-10H,(H2,18,21)(H2,19,20,22)/b10-9+. The highest BCUT2D eigenvalue weighted by Gasteiger charge is 2.02. The van der Waals surface area contributed by atoms with E-state index >= 15 is 0 Å². The van der Waals surface area contributed by atoms with Crippen LogP contribution in [0.15, 0.2) is 54.7 Å². The second-order valence-corrected chi connectivity index (χ2v) is 4.80. The summed E-state index contributed by atoms with van der Waals surface area (Å²) in [6, 6.07) is 13.1. The number of benzene rings is 2. The molecule has 0 atom stereocenters. The van der Waals surface area contributed by atoms with Gasteiger partial charge in [0.05, 0.1) is 0 Å². The monoisotopic (exact) mass is 315 g/mol. The first kappa shape index (κ1) is 15.6. The number of carbonyl (C=O) groups excluding carboxylic acids is 2. The van der Waals surface area contributed by atoms with Crippen LogP contribution in [0, 0.1) is 0 Å². The molecule has 4 N–H and O–H groups in total. The fraction of sp³-hybridized carbons (Fsp3) is 0. The Labute approximate surface area is 132 Å². The maximum Gasteiger partial charge on any atom is 0.323 e. The summed E-state index contributed by atoms with van der Waals surface area (Å²) in [4.78, 5) is 22.6. The van der Waals surface area contributed by atoms with Crippen LogP contribution in [-0.4, -0.2) is 11.9 Å². The van der Waals surface area contributed by atoms with Crippen LogP contribution in [0.4, 0.5) is 10.5 Å². The van der Waals surface area contributed by atoms with Crippen molar-refractivity contribution in [2.45, 2.75) is 0 Å². The Morgan fingerprint density at radius 1 is 1.05 bits per heavy atom. The highest BCUT2D eigenvalue weighted by Crippen LogP contribution is 2.15. The Morgan fingerprint density at radius 2 is 1.73 bits per heavy atom. The lowest BCUT2D eigenvalue weighted by Gasteiger charge is -2.05. The van der Waals surface area contributed by atoms with Crippen molar-refractivity contribution in [3.05, 3.63) is 70.9 Å². The van der Waals surface area contributed by atoms with Gasteiger partial charge in [0.2, 0.25) is 5.91 Å². The highest BCUT2D eigenvalue weighted by atomic mass is 35.5. The maximum absolute atomic E-state index is 11.7. The lowest BCUT2D eigenvalue weighted by Crippen LogP contribution is -2.23. The molecule has 0 aromatic heterocycles. The highest BCUT2D eigenvalue weighted by molar-refractivity contribution is 6.32. The van der Waals surface area contributed by atoms with Gasteiger partial charge in [-0.3, -0.25) is 4.79 Å². The second kappa shape index (κ2) is 7.28. The van der Waals surface area contributed by atoms with Crippen LogP contribution in [0.5, 0.6) is 0 Å². The molecule has 2 aromatic carbocycles. The van der Waals surface area contributed by atoms with Crippen molar-refractivity contribution in [1.82, 2.24) is 5.32 Å². The fourth-order valence-corrected chi connectivity index (χ4v) is 1.90. The normalized spacial score (nSPS) is 10.4. The molecule has 0 unspecified atom stereocenters. The van der Waals surface area contributed by atoms with Gasteiger partial charge >= 0.3 is 6.03 Å². The maximum atomic E-state index is 11.7. The summed E-state index contributed by atoms with van der Waals surface area (Å²) in [5.41, 5.74) is 6.87. The van der Waals surface area contributed by atoms with Gasteiger partial charge < -0.3 is 16.4 Å². The summed E-state index contributed by atoms with van der Waals surface area (Å²) in [7, 11) is 0. The van der Waals surface area contributed by atoms with Crippen molar-refractivity contribution >= 4 is 35.3 Å². The first-order chi connectivity index (χ1) is 10.6. The molecule has 0 fully saturated rings. The van der Waals surface area contributed by atoms with E-state index in [4.69, 9.17) is 17.3 Å². The van der Waals surface area contributed by atoms with Crippen LogP contribution in [0.1, 0.15) is 15.9 Å². The number of anilines is 1. The molecular weight excluding hydrogens is 302 g/mol. The van der Waals surface area contributed by atoms with Crippen molar-refractivity contribution in [2.24, 2.45) is 5.73 Å². The zero-order valence-corrected chi connectivity index (χ0v) is 12.3. The minimum absolute atomic E-state index is 0.379. The lowest BCUT2D eigenvalue weighted by molar-refractivity contribution is 0.100. The van der Waals surface area contributed by atoms with Crippen LogP contribution in [0.25, 0.3) is 6.08 Å². The molecule has 2 rings (SSSR count). The molecule has 0 aliphatic heterocycles. The third-order valence-electron chi connectivity index (χ3n) is 2.81. The third kappa shape index (κ3) is 4.36. The zero-order valence-electron chi connectivity index (χ0n) is 11.5. The Kier molecular flexibility index (Phi) is 5.16. The first-order valence-corrected chi connectivity index (χ1v) is 6.82. The van der Waals surface area contributed by atoms with Gasteiger partial charge in [-0.2, -0.15) is 0 Å². The van der Waals surface area contributed by atoms with E-state index in [9.17, 15) is 9.59 Å². The SMILES string of the molecule is NC(=O)c1ccc(NC(=O)N/C=C/c2ccccc2Cl)cc1. The zero-order chi connectivity index (χ0) is 15.9. The predicted octanol–water partition coefficient (Wildman–Crippen LogP) is 3.23. The van der Waals surface area contributed by atoms with Crippen molar-refractivity contribution in [2.75, 3.05) is 5.32 Å². The molecule has 0 radical (unpaired) electrons. The number of nitrogens with two attached hydrogens (primary N) is 1. The molecule has 6 heteroatoms. The van der Waals surface area contributed by atoms with Crippen molar-refractivity contribution < 1.29 is 9.59 Å². The summed E-state index contributed by atoms with van der Waals surface area (Å²) in [6.07, 6.45) is 3.19. The van der Waals surface area contributed by atoms with Crippen LogP contribution >= 0.6 is 11.6 Å². The average molecular weight is 316 g/mol. The van der Waals surface area contributed by atoms with Crippen LogP contribution in [-0.2, 0) is 0 Å². The molecule has 0 saturated carbocycles. The Balaban J connectivity index is 1.90. The first-order valence-electron chi connectivity index (χ1n) is 6.45. The van der Waals surface area contributed by atoms with Crippen molar-refractivity contribution in [3.8, 4) is 0 Å². The molecule has 0 aliphatic rings. The number of halogens is 1. The number of primary amides is 1. The Hall–Kier alpha value is -2.79. The molecule has 22 heavy (non-hydrogen) atoms. The topological polar surface area (TPSA) is 84.2 Å². The van der Waals surface area contributed by atoms with Gasteiger partial charge in [-0.15, -0.1) is 0 Å². The molecule has 0 heterocycles. The molecular formula is C16H14ClN3O2. The third-order valence-corrected chi connectivity index (χ3v) is 3.15. The van der Waals surface area contributed by atoms with Crippen LogP contribution in [0.2, 0.25) is 5.02 Å². The van der Waals surface area contributed by atoms with Crippen molar-refractivity contribution in [1.29, 1.82) is 0 Å². The van der Waals surface area contributed by atoms with E-state index < -0.39 is 11.9 Å². The van der Waals surface area contributed by atoms with Gasteiger partial charge in [0, 0.05) is 22.5 Å². The summed E-state index contributed by atoms with van der Waals surface area (Å²) < 4.78 is 0. The number of urea groups is 1. The van der Waals surface area contributed by atoms with E-state index in [-0.39, 0.29) is 0 Å². The van der Waals surface area contributed by atoms with E-state index in [0.29, 0.717) is 16.3 Å². The van der Waals surface area contributed by atoms with Gasteiger partial charge in [-0.05, 0) is 42.0 Å². The van der Waals surface area contributed by atoms with Gasteiger partial charge in [0.15, 0.2) is 0 Å². The number of carbonyl (C=O) groups is 2. The minimum Gasteiger partial charge on any atom is -0.366 e. The van der Waals surface area contributed by atoms with Crippen LogP contribution < -0.4 is 16.4 Å². The molecule has 5 nitrogen and oxygen atoms in total. The summed E-state index contributed by atoms with van der Waals surface area (Å²) in [6.45, 7) is 0. The quantitative estimate of drug-likeness (QED) is 0.809. The molecule has 0 spiro atoms. The Morgan fingerprint density at radius 3 is 2.36 bits per heavy atom. The largest absolute Gasteiger partial charge is 0.366 e. The minimum atomic E-state index is -0.515. The smallest absolute Gasteiger partial charge is 0.323 e. The average Bonchev–Trinajstić information content (AvgIpc) is 2.50. The van der Waals surface area contributed by atoms with E-state index in [0.717, 1.165) is 5.56 Å². The number of amides is 3. The van der Waals surface area contributed by atoms with E-state index in [1.54, 1.807) is 24.3 Å². The molecule has 0 bridgehead atoms. The molecule has 0 saturated heterocycles. The Bertz CT molecular complexity index is 712. The van der Waals surface area contributed by atoms with Gasteiger partial charge in [-0.25, -0.2) is 4.79 Å². The number of hydrogen-bond donors (Lipinski definition) is 3. The predicted molar refractivity (Wildman–Crippen MR) is 87.6 cm³/mol. The van der Waals surface area contributed by atoms with E-state index in [1.165, 1.54) is 18.3 Å². The summed E-state index contributed by atoms with van der Waals surface area (Å²) >= 11 is 5.99. The number of rotatable bonds is 4. The summed E-state index contributed by atoms with van der Waals surface area (Å²) in [5, 5.41) is 5.79. The van der Waals surface area contributed by atoms with E-state index in [2.05, 4.69) is 10.6 Å². The molecule has 112 valence electrons. The number of hydrogen-bond acceptors (Lipinski definition) is 2.